The minimum absolute atomic E-state index is 0.130. The lowest BCUT2D eigenvalue weighted by molar-refractivity contribution is -0.141. The van der Waals surface area contributed by atoms with Gasteiger partial charge in [0.25, 0.3) is 0 Å². The third-order valence-corrected chi connectivity index (χ3v) is 5.83. The summed E-state index contributed by atoms with van der Waals surface area (Å²) in [4.78, 5) is 12.9. The summed E-state index contributed by atoms with van der Waals surface area (Å²) in [5.41, 5.74) is -0.180. The van der Waals surface area contributed by atoms with Gasteiger partial charge in [-0.1, -0.05) is 17.7 Å². The van der Waals surface area contributed by atoms with Crippen molar-refractivity contribution in [2.75, 3.05) is 0 Å². The Balaban J connectivity index is 1.76. The highest BCUT2D eigenvalue weighted by Crippen LogP contribution is 2.33. The van der Waals surface area contributed by atoms with Gasteiger partial charge in [0.2, 0.25) is 5.95 Å². The largest absolute Gasteiger partial charge is 0.435 e. The van der Waals surface area contributed by atoms with Crippen molar-refractivity contribution in [2.45, 2.75) is 25.4 Å². The number of pyridine rings is 3. The molecule has 0 saturated heterocycles. The number of nitrogens with zero attached hydrogens (tertiary/aromatic N) is 5. The van der Waals surface area contributed by atoms with Gasteiger partial charge in [-0.15, -0.1) is 0 Å². The van der Waals surface area contributed by atoms with Gasteiger partial charge in [-0.05, 0) is 72.8 Å². The van der Waals surface area contributed by atoms with Crippen LogP contribution in [0.3, 0.4) is 0 Å². The Morgan fingerprint density at radius 3 is 2.33 bits per heavy atom. The highest BCUT2D eigenvalue weighted by molar-refractivity contribution is 14.1. The van der Waals surface area contributed by atoms with Gasteiger partial charge in [-0.3, -0.25) is 4.98 Å². The van der Waals surface area contributed by atoms with E-state index < -0.39 is 23.2 Å². The van der Waals surface area contributed by atoms with Crippen LogP contribution in [0.5, 0.6) is 0 Å². The minimum atomic E-state index is -4.57. The molecule has 0 spiro atoms. The van der Waals surface area contributed by atoms with Gasteiger partial charge in [0.15, 0.2) is 11.5 Å². The van der Waals surface area contributed by atoms with Crippen molar-refractivity contribution in [1.29, 1.82) is 0 Å². The number of aromatic nitrogens is 5. The molecule has 0 unspecified atom stereocenters. The quantitative estimate of drug-likeness (QED) is 0.156. The Morgan fingerprint density at radius 1 is 0.909 bits per heavy atom. The number of hydrogen-bond acceptors (Lipinski definition) is 4. The van der Waals surface area contributed by atoms with Crippen LogP contribution in [0.2, 0.25) is 5.02 Å². The first-order valence-corrected chi connectivity index (χ1v) is 11.0. The molecule has 0 radical (unpaired) electrons. The Bertz CT molecular complexity index is 1340. The molecule has 33 heavy (non-hydrogen) atoms. The second kappa shape index (κ2) is 8.64. The maximum absolute atomic E-state index is 14.4. The van der Waals surface area contributed by atoms with E-state index in [2.05, 4.69) is 20.1 Å². The molecule has 5 nitrogen and oxygen atoms in total. The summed E-state index contributed by atoms with van der Waals surface area (Å²) >= 11 is 8.19. The maximum Gasteiger partial charge on any atom is 0.435 e. The average Bonchev–Trinajstić information content (AvgIpc) is 3.24. The van der Waals surface area contributed by atoms with Crippen molar-refractivity contribution >= 4 is 34.2 Å². The molecule has 4 rings (SSSR count). The Morgan fingerprint density at radius 2 is 1.67 bits per heavy atom. The molecule has 0 aromatic carbocycles. The van der Waals surface area contributed by atoms with E-state index in [9.17, 15) is 17.6 Å². The van der Waals surface area contributed by atoms with Crippen molar-refractivity contribution in [3.63, 3.8) is 0 Å². The first-order chi connectivity index (χ1) is 15.4. The summed E-state index contributed by atoms with van der Waals surface area (Å²) in [6.45, 7) is 3.68. The van der Waals surface area contributed by atoms with E-state index >= 15 is 0 Å². The van der Waals surface area contributed by atoms with E-state index in [1.807, 2.05) is 36.4 Å². The number of hydrogen-bond donors (Lipinski definition) is 0. The molecule has 170 valence electrons. The second-order valence-electron chi connectivity index (χ2n) is 7.68. The first kappa shape index (κ1) is 23.6. The lowest BCUT2D eigenvalue weighted by Gasteiger charge is -2.25. The number of halogens is 6. The molecular weight excluding hydrogens is 573 g/mol. The minimum Gasteiger partial charge on any atom is -0.252 e. The number of alkyl halides is 3. The number of rotatable bonds is 4. The van der Waals surface area contributed by atoms with Crippen molar-refractivity contribution in [1.82, 2.24) is 24.7 Å². The van der Waals surface area contributed by atoms with Gasteiger partial charge in [0.1, 0.15) is 3.70 Å². The van der Waals surface area contributed by atoms with Gasteiger partial charge in [-0.25, -0.2) is 14.6 Å². The van der Waals surface area contributed by atoms with Gasteiger partial charge in [-0.2, -0.15) is 22.7 Å². The van der Waals surface area contributed by atoms with E-state index in [4.69, 9.17) is 11.6 Å². The van der Waals surface area contributed by atoms with E-state index in [-0.39, 0.29) is 16.4 Å². The van der Waals surface area contributed by atoms with Crippen LogP contribution in [-0.4, -0.2) is 24.7 Å². The molecule has 0 aliphatic heterocycles. The fourth-order valence-electron chi connectivity index (χ4n) is 3.19. The lowest BCUT2D eigenvalue weighted by atomic mass is 9.84. The third-order valence-electron chi connectivity index (χ3n) is 5.01. The van der Waals surface area contributed by atoms with Crippen molar-refractivity contribution in [3.8, 4) is 17.1 Å². The van der Waals surface area contributed by atoms with Crippen LogP contribution in [0.1, 0.15) is 30.9 Å². The zero-order valence-corrected chi connectivity index (χ0v) is 20.1. The topological polar surface area (TPSA) is 56.5 Å². The highest BCUT2D eigenvalue weighted by atomic mass is 127. The molecule has 0 aliphatic rings. The first-order valence-electron chi connectivity index (χ1n) is 9.56. The van der Waals surface area contributed by atoms with E-state index in [1.165, 1.54) is 12.3 Å². The SMILES string of the molecule is CC(C)(c1cccc(-c2ccc(I)nc2F)n1)c1cc(Cl)cc(-n2ccc(C(F)(F)F)n2)n1. The molecule has 11 heteroatoms. The second-order valence-corrected chi connectivity index (χ2v) is 9.22. The highest BCUT2D eigenvalue weighted by Gasteiger charge is 2.34. The van der Waals surface area contributed by atoms with Crippen molar-refractivity contribution in [3.05, 3.63) is 86.5 Å². The normalized spacial score (nSPS) is 12.2. The van der Waals surface area contributed by atoms with E-state index in [1.54, 1.807) is 36.4 Å². The van der Waals surface area contributed by atoms with Gasteiger partial charge < -0.3 is 0 Å². The molecule has 0 amide bonds. The summed E-state index contributed by atoms with van der Waals surface area (Å²) in [6.07, 6.45) is -3.40. The zero-order valence-electron chi connectivity index (χ0n) is 17.2. The van der Waals surface area contributed by atoms with E-state index in [0.717, 1.165) is 10.7 Å². The smallest absolute Gasteiger partial charge is 0.252 e. The third kappa shape index (κ3) is 4.86. The standard InChI is InChI=1S/C22H15ClF4IN5/c1-21(2,15-5-3-4-14(29-15)13-6-7-18(28)31-20(13)24)17-10-12(23)11-19(30-17)33-9-8-16(32-33)22(25,26)27/h3-11H,1-2H3. The molecule has 4 aromatic rings. The fourth-order valence-corrected chi connectivity index (χ4v) is 3.78. The molecule has 4 heterocycles. The Hall–Kier alpha value is -2.60. The molecular formula is C22H15ClF4IN5. The Labute approximate surface area is 205 Å². The predicted molar refractivity (Wildman–Crippen MR) is 124 cm³/mol. The molecule has 0 fully saturated rings. The van der Waals surface area contributed by atoms with Gasteiger partial charge in [0, 0.05) is 22.7 Å². The summed E-state index contributed by atoms with van der Waals surface area (Å²) in [7, 11) is 0. The van der Waals surface area contributed by atoms with Crippen LogP contribution in [-0.2, 0) is 11.6 Å². The molecule has 4 aromatic heterocycles. The predicted octanol–water partition coefficient (Wildman–Crippen LogP) is 6.47. The molecule has 0 N–H and O–H groups in total. The van der Waals surface area contributed by atoms with E-state index in [0.29, 0.717) is 20.8 Å². The van der Waals surface area contributed by atoms with Crippen LogP contribution < -0.4 is 0 Å². The van der Waals surface area contributed by atoms with Crippen molar-refractivity contribution < 1.29 is 17.6 Å². The van der Waals surface area contributed by atoms with Gasteiger partial charge in [0.05, 0.1) is 22.6 Å². The van der Waals surface area contributed by atoms with Crippen LogP contribution in [0.4, 0.5) is 17.6 Å². The van der Waals surface area contributed by atoms with Crippen LogP contribution >= 0.6 is 34.2 Å². The van der Waals surface area contributed by atoms with Gasteiger partial charge >= 0.3 is 6.18 Å². The summed E-state index contributed by atoms with van der Waals surface area (Å²) in [5.74, 6) is -0.503. The molecule has 0 atom stereocenters. The summed E-state index contributed by atoms with van der Waals surface area (Å²) in [6, 6.07) is 12.4. The van der Waals surface area contributed by atoms with Crippen LogP contribution in [0.25, 0.3) is 17.1 Å². The molecule has 0 bridgehead atoms. The molecule has 0 saturated carbocycles. The monoisotopic (exact) mass is 587 g/mol. The lowest BCUT2D eigenvalue weighted by Crippen LogP contribution is -2.23. The van der Waals surface area contributed by atoms with Crippen molar-refractivity contribution in [2.24, 2.45) is 0 Å². The fraction of sp³-hybridized carbons (Fsp3) is 0.182. The molecule has 0 aliphatic carbocycles. The summed E-state index contributed by atoms with van der Waals surface area (Å²) < 4.78 is 54.8. The Kier molecular flexibility index (Phi) is 6.16. The van der Waals surface area contributed by atoms with Crippen LogP contribution in [0.15, 0.2) is 54.7 Å². The average molecular weight is 588 g/mol. The summed E-state index contributed by atoms with van der Waals surface area (Å²) in [5, 5.41) is 3.84. The van der Waals surface area contributed by atoms with Crippen LogP contribution in [0, 0.1) is 9.65 Å². The maximum atomic E-state index is 14.4. The zero-order chi connectivity index (χ0) is 24.0.